The SMILES string of the molecule is O=C1CCC(OC(=O)CCCC(=O)c2ccccc2)CC1. The Labute approximate surface area is 124 Å². The number of esters is 1. The molecule has 0 saturated heterocycles. The van der Waals surface area contributed by atoms with Gasteiger partial charge in [0.05, 0.1) is 0 Å². The minimum Gasteiger partial charge on any atom is -0.462 e. The lowest BCUT2D eigenvalue weighted by atomic mass is 9.96. The number of hydrogen-bond acceptors (Lipinski definition) is 4. The van der Waals surface area contributed by atoms with Crippen molar-refractivity contribution in [1.82, 2.24) is 0 Å². The summed E-state index contributed by atoms with van der Waals surface area (Å²) in [6, 6.07) is 9.07. The number of hydrogen-bond donors (Lipinski definition) is 0. The van der Waals surface area contributed by atoms with Crippen molar-refractivity contribution in [2.24, 2.45) is 0 Å². The molecule has 0 radical (unpaired) electrons. The van der Waals surface area contributed by atoms with Crippen LogP contribution in [0, 0.1) is 0 Å². The molecule has 0 bridgehead atoms. The number of Topliss-reactive ketones (excluding diaryl/α,β-unsaturated/α-hetero) is 2. The first-order valence-electron chi connectivity index (χ1n) is 7.44. The molecule has 0 atom stereocenters. The first-order chi connectivity index (χ1) is 10.1. The highest BCUT2D eigenvalue weighted by Gasteiger charge is 2.21. The van der Waals surface area contributed by atoms with Crippen LogP contribution in [0.15, 0.2) is 30.3 Å². The van der Waals surface area contributed by atoms with E-state index in [0.717, 1.165) is 0 Å². The summed E-state index contributed by atoms with van der Waals surface area (Å²) in [6.07, 6.45) is 3.25. The molecular formula is C17H20O4. The van der Waals surface area contributed by atoms with Crippen LogP contribution in [0.2, 0.25) is 0 Å². The molecule has 0 aromatic heterocycles. The third-order valence-electron chi connectivity index (χ3n) is 3.67. The third-order valence-corrected chi connectivity index (χ3v) is 3.67. The highest BCUT2D eigenvalue weighted by atomic mass is 16.5. The molecule has 1 aromatic rings. The number of ether oxygens (including phenoxy) is 1. The van der Waals surface area contributed by atoms with E-state index in [-0.39, 0.29) is 30.1 Å². The molecule has 1 aliphatic carbocycles. The molecule has 112 valence electrons. The van der Waals surface area contributed by atoms with E-state index in [4.69, 9.17) is 4.74 Å². The highest BCUT2D eigenvalue weighted by Crippen LogP contribution is 2.19. The number of benzene rings is 1. The summed E-state index contributed by atoms with van der Waals surface area (Å²) in [7, 11) is 0. The quantitative estimate of drug-likeness (QED) is 0.596. The van der Waals surface area contributed by atoms with Gasteiger partial charge in [-0.05, 0) is 19.3 Å². The van der Waals surface area contributed by atoms with Crippen molar-refractivity contribution < 1.29 is 19.1 Å². The van der Waals surface area contributed by atoms with E-state index in [0.29, 0.717) is 44.1 Å². The van der Waals surface area contributed by atoms with Crippen LogP contribution in [-0.2, 0) is 14.3 Å². The minimum atomic E-state index is -0.268. The van der Waals surface area contributed by atoms with Crippen molar-refractivity contribution in [1.29, 1.82) is 0 Å². The molecule has 0 unspecified atom stereocenters. The Kier molecular flexibility index (Phi) is 5.67. The Morgan fingerprint density at radius 1 is 1.05 bits per heavy atom. The van der Waals surface area contributed by atoms with Gasteiger partial charge in [-0.2, -0.15) is 0 Å². The maximum absolute atomic E-state index is 11.9. The monoisotopic (exact) mass is 288 g/mol. The Hall–Kier alpha value is -1.97. The van der Waals surface area contributed by atoms with E-state index >= 15 is 0 Å². The van der Waals surface area contributed by atoms with Gasteiger partial charge in [-0.1, -0.05) is 30.3 Å². The molecule has 1 aliphatic rings. The van der Waals surface area contributed by atoms with E-state index in [1.807, 2.05) is 18.2 Å². The Morgan fingerprint density at radius 3 is 2.38 bits per heavy atom. The van der Waals surface area contributed by atoms with Gasteiger partial charge in [0.25, 0.3) is 0 Å². The zero-order valence-corrected chi connectivity index (χ0v) is 12.0. The van der Waals surface area contributed by atoms with Gasteiger partial charge in [0, 0.05) is 31.2 Å². The van der Waals surface area contributed by atoms with Gasteiger partial charge in [0.2, 0.25) is 0 Å². The molecule has 0 N–H and O–H groups in total. The van der Waals surface area contributed by atoms with Crippen LogP contribution in [0.1, 0.15) is 55.3 Å². The van der Waals surface area contributed by atoms with Gasteiger partial charge in [-0.15, -0.1) is 0 Å². The maximum atomic E-state index is 11.9. The molecule has 21 heavy (non-hydrogen) atoms. The van der Waals surface area contributed by atoms with Crippen LogP contribution in [0.3, 0.4) is 0 Å². The topological polar surface area (TPSA) is 60.4 Å². The van der Waals surface area contributed by atoms with Crippen molar-refractivity contribution in [3.05, 3.63) is 35.9 Å². The number of carbonyl (C=O) groups is 3. The van der Waals surface area contributed by atoms with Crippen molar-refractivity contribution in [3.8, 4) is 0 Å². The first-order valence-corrected chi connectivity index (χ1v) is 7.44. The van der Waals surface area contributed by atoms with Gasteiger partial charge >= 0.3 is 5.97 Å². The smallest absolute Gasteiger partial charge is 0.306 e. The lowest BCUT2D eigenvalue weighted by molar-refractivity contribution is -0.152. The van der Waals surface area contributed by atoms with Crippen LogP contribution in [0.5, 0.6) is 0 Å². The normalized spacial score (nSPS) is 15.7. The molecular weight excluding hydrogens is 268 g/mol. The molecule has 2 rings (SSSR count). The molecule has 4 nitrogen and oxygen atoms in total. The molecule has 0 heterocycles. The average molecular weight is 288 g/mol. The van der Waals surface area contributed by atoms with Crippen molar-refractivity contribution in [3.63, 3.8) is 0 Å². The largest absolute Gasteiger partial charge is 0.462 e. The zero-order chi connectivity index (χ0) is 15.1. The Morgan fingerprint density at radius 2 is 1.71 bits per heavy atom. The van der Waals surface area contributed by atoms with Gasteiger partial charge in [-0.3, -0.25) is 14.4 Å². The first kappa shape index (κ1) is 15.4. The van der Waals surface area contributed by atoms with E-state index < -0.39 is 0 Å². The number of ketones is 2. The van der Waals surface area contributed by atoms with E-state index in [1.165, 1.54) is 0 Å². The van der Waals surface area contributed by atoms with Crippen LogP contribution in [0.4, 0.5) is 0 Å². The summed E-state index contributed by atoms with van der Waals surface area (Å²) in [5, 5.41) is 0. The van der Waals surface area contributed by atoms with Crippen LogP contribution < -0.4 is 0 Å². The summed E-state index contributed by atoms with van der Waals surface area (Å²) in [4.78, 5) is 34.7. The van der Waals surface area contributed by atoms with E-state index in [9.17, 15) is 14.4 Å². The molecule has 0 amide bonds. The molecule has 1 saturated carbocycles. The fourth-order valence-corrected chi connectivity index (χ4v) is 2.44. The van der Waals surface area contributed by atoms with Crippen LogP contribution in [0.25, 0.3) is 0 Å². The van der Waals surface area contributed by atoms with Crippen LogP contribution in [-0.4, -0.2) is 23.6 Å². The summed E-state index contributed by atoms with van der Waals surface area (Å²) in [6.45, 7) is 0. The van der Waals surface area contributed by atoms with E-state index in [1.54, 1.807) is 12.1 Å². The predicted octanol–water partition coefficient (Wildman–Crippen LogP) is 3.09. The van der Waals surface area contributed by atoms with Crippen molar-refractivity contribution in [2.75, 3.05) is 0 Å². The summed E-state index contributed by atoms with van der Waals surface area (Å²) >= 11 is 0. The number of rotatable bonds is 6. The number of carbonyl (C=O) groups excluding carboxylic acids is 3. The average Bonchev–Trinajstić information content (AvgIpc) is 2.50. The lowest BCUT2D eigenvalue weighted by Crippen LogP contribution is -2.24. The van der Waals surface area contributed by atoms with Crippen molar-refractivity contribution in [2.45, 2.75) is 51.0 Å². The fraction of sp³-hybridized carbons (Fsp3) is 0.471. The van der Waals surface area contributed by atoms with E-state index in [2.05, 4.69) is 0 Å². The summed E-state index contributed by atoms with van der Waals surface area (Å²) < 4.78 is 5.32. The fourth-order valence-electron chi connectivity index (χ4n) is 2.44. The lowest BCUT2D eigenvalue weighted by Gasteiger charge is -2.21. The van der Waals surface area contributed by atoms with Gasteiger partial charge in [0.15, 0.2) is 5.78 Å². The molecule has 4 heteroatoms. The second kappa shape index (κ2) is 7.72. The third kappa shape index (κ3) is 5.14. The van der Waals surface area contributed by atoms with Crippen molar-refractivity contribution >= 4 is 17.5 Å². The Balaban J connectivity index is 1.65. The maximum Gasteiger partial charge on any atom is 0.306 e. The van der Waals surface area contributed by atoms with Gasteiger partial charge < -0.3 is 4.74 Å². The standard InChI is InChI=1S/C17H20O4/c18-14-9-11-15(12-10-14)21-17(20)8-4-7-16(19)13-5-2-1-3-6-13/h1-3,5-6,15H,4,7-12H2. The molecule has 1 aromatic carbocycles. The van der Waals surface area contributed by atoms with Crippen LogP contribution >= 0.6 is 0 Å². The molecule has 1 fully saturated rings. The summed E-state index contributed by atoms with van der Waals surface area (Å²) in [5.74, 6) is 0.0256. The predicted molar refractivity (Wildman–Crippen MR) is 78.0 cm³/mol. The summed E-state index contributed by atoms with van der Waals surface area (Å²) in [5.41, 5.74) is 0.677. The second-order valence-electron chi connectivity index (χ2n) is 5.37. The van der Waals surface area contributed by atoms with Gasteiger partial charge in [0.1, 0.15) is 11.9 Å². The van der Waals surface area contributed by atoms with Gasteiger partial charge in [-0.25, -0.2) is 0 Å². The minimum absolute atomic E-state index is 0.0478. The second-order valence-corrected chi connectivity index (χ2v) is 5.37. The highest BCUT2D eigenvalue weighted by molar-refractivity contribution is 5.96. The zero-order valence-electron chi connectivity index (χ0n) is 12.0. The molecule has 0 aliphatic heterocycles. The Bertz CT molecular complexity index is 497. The molecule has 0 spiro atoms.